The van der Waals surface area contributed by atoms with Crippen molar-refractivity contribution in [1.29, 1.82) is 0 Å². The Hall–Kier alpha value is -0.860. The van der Waals surface area contributed by atoms with Crippen LogP contribution in [0.1, 0.15) is 32.6 Å². The van der Waals surface area contributed by atoms with Gasteiger partial charge >= 0.3 is 0 Å². The lowest BCUT2D eigenvalue weighted by molar-refractivity contribution is 0.190. The van der Waals surface area contributed by atoms with E-state index in [1.54, 1.807) is 0 Å². The van der Waals surface area contributed by atoms with Gasteiger partial charge in [0.15, 0.2) is 15.7 Å². The van der Waals surface area contributed by atoms with Crippen LogP contribution in [0.15, 0.2) is 4.90 Å². The number of hydrogen-bond donors (Lipinski definition) is 2. The molecule has 2 aliphatic rings. The van der Waals surface area contributed by atoms with E-state index in [0.29, 0.717) is 11.0 Å². The Balaban J connectivity index is 1.81. The Bertz CT molecular complexity index is 624. The maximum atomic E-state index is 12.5. The van der Waals surface area contributed by atoms with E-state index in [1.165, 1.54) is 11.5 Å². The van der Waals surface area contributed by atoms with Crippen molar-refractivity contribution >= 4 is 32.2 Å². The molecule has 0 spiro atoms. The van der Waals surface area contributed by atoms with E-state index in [4.69, 9.17) is 5.73 Å². The second kappa shape index (κ2) is 5.40. The minimum absolute atomic E-state index is 0.148. The van der Waals surface area contributed by atoms with E-state index in [0.717, 1.165) is 32.2 Å². The molecule has 1 aromatic heterocycles. The second-order valence-corrected chi connectivity index (χ2v) is 9.10. The molecule has 0 amide bonds. The number of nitrogen functional groups attached to an aromatic ring is 1. The SMILES string of the molecule is CC1CC(Nc2snc(N)c2S(=O)(=O)C2CC2)CCN1C. The third-order valence-electron chi connectivity index (χ3n) is 4.47. The van der Waals surface area contributed by atoms with E-state index in [2.05, 4.69) is 28.6 Å². The Morgan fingerprint density at radius 3 is 2.71 bits per heavy atom. The summed E-state index contributed by atoms with van der Waals surface area (Å²) in [5.41, 5.74) is 5.82. The molecule has 6 nitrogen and oxygen atoms in total. The Labute approximate surface area is 129 Å². The largest absolute Gasteiger partial charge is 0.382 e. The zero-order valence-electron chi connectivity index (χ0n) is 12.4. The molecule has 21 heavy (non-hydrogen) atoms. The molecule has 3 N–H and O–H groups in total. The van der Waals surface area contributed by atoms with Crippen molar-refractivity contribution < 1.29 is 8.42 Å². The predicted molar refractivity (Wildman–Crippen MR) is 85.5 cm³/mol. The summed E-state index contributed by atoms with van der Waals surface area (Å²) in [6, 6.07) is 0.772. The molecule has 1 saturated carbocycles. The average molecular weight is 330 g/mol. The van der Waals surface area contributed by atoms with Crippen LogP contribution in [0, 0.1) is 0 Å². The summed E-state index contributed by atoms with van der Waals surface area (Å²) in [7, 11) is -1.19. The molecule has 1 aliphatic heterocycles. The van der Waals surface area contributed by atoms with Crippen LogP contribution >= 0.6 is 11.5 Å². The number of nitrogens with zero attached hydrogens (tertiary/aromatic N) is 2. The Morgan fingerprint density at radius 1 is 1.38 bits per heavy atom. The first-order chi connectivity index (χ1) is 9.89. The highest BCUT2D eigenvalue weighted by Crippen LogP contribution is 2.41. The van der Waals surface area contributed by atoms with Crippen LogP contribution in [0.3, 0.4) is 0 Å². The van der Waals surface area contributed by atoms with Crippen molar-refractivity contribution in [2.45, 2.75) is 54.8 Å². The van der Waals surface area contributed by atoms with Crippen LogP contribution in [-0.4, -0.2) is 48.6 Å². The first-order valence-corrected chi connectivity index (χ1v) is 9.67. The van der Waals surface area contributed by atoms with Crippen LogP contribution < -0.4 is 11.1 Å². The molecule has 0 aromatic carbocycles. The molecule has 2 heterocycles. The molecule has 0 bridgehead atoms. The highest BCUT2D eigenvalue weighted by atomic mass is 32.2. The van der Waals surface area contributed by atoms with Crippen molar-refractivity contribution in [2.75, 3.05) is 24.6 Å². The number of nitrogens with two attached hydrogens (primary N) is 1. The molecule has 0 radical (unpaired) electrons. The van der Waals surface area contributed by atoms with Gasteiger partial charge in [0.2, 0.25) is 0 Å². The van der Waals surface area contributed by atoms with Crippen molar-refractivity contribution in [3.05, 3.63) is 0 Å². The highest BCUT2D eigenvalue weighted by molar-refractivity contribution is 7.92. The van der Waals surface area contributed by atoms with Crippen molar-refractivity contribution in [3.8, 4) is 0 Å². The molecule has 2 atom stereocenters. The van der Waals surface area contributed by atoms with Crippen LogP contribution in [0.5, 0.6) is 0 Å². The van der Waals surface area contributed by atoms with Crippen LogP contribution in [0.4, 0.5) is 10.8 Å². The van der Waals surface area contributed by atoms with Gasteiger partial charge < -0.3 is 16.0 Å². The number of likely N-dealkylation sites (tertiary alicyclic amines) is 1. The minimum Gasteiger partial charge on any atom is -0.382 e. The van der Waals surface area contributed by atoms with Crippen LogP contribution in [-0.2, 0) is 9.84 Å². The lowest BCUT2D eigenvalue weighted by Gasteiger charge is -2.35. The van der Waals surface area contributed by atoms with Gasteiger partial charge in [0.1, 0.15) is 9.90 Å². The summed E-state index contributed by atoms with van der Waals surface area (Å²) >= 11 is 1.17. The fraction of sp³-hybridized carbons (Fsp3) is 0.769. The molecular formula is C13H22N4O2S2. The number of sulfone groups is 1. The van der Waals surface area contributed by atoms with Gasteiger partial charge in [-0.05, 0) is 51.2 Å². The number of nitrogens with one attached hydrogen (secondary N) is 1. The number of piperidine rings is 1. The maximum Gasteiger partial charge on any atom is 0.187 e. The predicted octanol–water partition coefficient (Wildman–Crippen LogP) is 1.56. The lowest BCUT2D eigenvalue weighted by Crippen LogP contribution is -2.42. The molecular weight excluding hydrogens is 308 g/mol. The average Bonchev–Trinajstić information content (AvgIpc) is 3.20. The van der Waals surface area contributed by atoms with Gasteiger partial charge in [-0.1, -0.05) is 0 Å². The molecule has 2 fully saturated rings. The van der Waals surface area contributed by atoms with Gasteiger partial charge in [0, 0.05) is 18.6 Å². The molecule has 2 unspecified atom stereocenters. The fourth-order valence-corrected chi connectivity index (χ4v) is 5.76. The topological polar surface area (TPSA) is 88.3 Å². The normalized spacial score (nSPS) is 27.7. The number of anilines is 2. The fourth-order valence-electron chi connectivity index (χ4n) is 2.81. The van der Waals surface area contributed by atoms with Crippen molar-refractivity contribution in [3.63, 3.8) is 0 Å². The smallest absolute Gasteiger partial charge is 0.187 e. The molecule has 1 saturated heterocycles. The van der Waals surface area contributed by atoms with Gasteiger partial charge in [-0.25, -0.2) is 8.42 Å². The molecule has 118 valence electrons. The van der Waals surface area contributed by atoms with Gasteiger partial charge in [-0.3, -0.25) is 0 Å². The molecule has 8 heteroatoms. The molecule has 1 aliphatic carbocycles. The zero-order valence-corrected chi connectivity index (χ0v) is 14.0. The van der Waals surface area contributed by atoms with Crippen LogP contribution in [0.2, 0.25) is 0 Å². The molecule has 1 aromatic rings. The summed E-state index contributed by atoms with van der Waals surface area (Å²) in [4.78, 5) is 2.56. The quantitative estimate of drug-likeness (QED) is 0.871. The van der Waals surface area contributed by atoms with Gasteiger partial charge in [0.05, 0.1) is 5.25 Å². The van der Waals surface area contributed by atoms with Crippen molar-refractivity contribution in [2.24, 2.45) is 0 Å². The highest BCUT2D eigenvalue weighted by Gasteiger charge is 2.41. The summed E-state index contributed by atoms with van der Waals surface area (Å²) in [5.74, 6) is 0.148. The first-order valence-electron chi connectivity index (χ1n) is 7.35. The molecule has 3 rings (SSSR count). The minimum atomic E-state index is -3.31. The van der Waals surface area contributed by atoms with Gasteiger partial charge in [-0.2, -0.15) is 4.37 Å². The second-order valence-electron chi connectivity index (χ2n) is 6.17. The maximum absolute atomic E-state index is 12.5. The van der Waals surface area contributed by atoms with Crippen molar-refractivity contribution in [1.82, 2.24) is 9.27 Å². The lowest BCUT2D eigenvalue weighted by atomic mass is 9.99. The van der Waals surface area contributed by atoms with E-state index in [-0.39, 0.29) is 22.0 Å². The van der Waals surface area contributed by atoms with Gasteiger partial charge in [0.25, 0.3) is 0 Å². The van der Waals surface area contributed by atoms with E-state index < -0.39 is 9.84 Å². The zero-order chi connectivity index (χ0) is 15.2. The summed E-state index contributed by atoms with van der Waals surface area (Å²) in [5, 5.41) is 3.75. The van der Waals surface area contributed by atoms with E-state index in [9.17, 15) is 8.42 Å². The third-order valence-corrected chi connectivity index (χ3v) is 7.72. The number of hydrogen-bond acceptors (Lipinski definition) is 7. The monoisotopic (exact) mass is 330 g/mol. The Morgan fingerprint density at radius 2 is 2.10 bits per heavy atom. The third kappa shape index (κ3) is 2.89. The number of aromatic nitrogens is 1. The number of rotatable bonds is 4. The standard InChI is InChI=1S/C13H22N4O2S2/c1-8-7-9(5-6-17(8)2)15-13-11(12(14)16-20-13)21(18,19)10-3-4-10/h8-10,15H,3-7H2,1-2H3,(H2,14,16). The first kappa shape index (κ1) is 15.1. The van der Waals surface area contributed by atoms with Crippen LogP contribution in [0.25, 0.3) is 0 Å². The summed E-state index contributed by atoms with van der Waals surface area (Å²) in [6.45, 7) is 3.20. The van der Waals surface area contributed by atoms with Gasteiger partial charge in [-0.15, -0.1) is 0 Å². The Kier molecular flexibility index (Phi) is 3.87. The summed E-state index contributed by atoms with van der Waals surface area (Å²) < 4.78 is 29.0. The summed E-state index contributed by atoms with van der Waals surface area (Å²) in [6.07, 6.45) is 3.48. The van der Waals surface area contributed by atoms with E-state index in [1.807, 2.05) is 0 Å². The van der Waals surface area contributed by atoms with E-state index >= 15 is 0 Å².